The lowest BCUT2D eigenvalue weighted by atomic mass is 10.3. The van der Waals surface area contributed by atoms with Gasteiger partial charge in [-0.05, 0) is 25.0 Å². The molecule has 0 radical (unpaired) electrons. The van der Waals surface area contributed by atoms with E-state index >= 15 is 0 Å². The summed E-state index contributed by atoms with van der Waals surface area (Å²) in [6.07, 6.45) is 4.23. The molecule has 114 valence electrons. The molecule has 1 aliphatic carbocycles. The van der Waals surface area contributed by atoms with Crippen LogP contribution in [0.2, 0.25) is 0 Å². The van der Waals surface area contributed by atoms with Crippen molar-refractivity contribution in [3.05, 3.63) is 24.0 Å². The van der Waals surface area contributed by atoms with Crippen molar-refractivity contribution in [3.63, 3.8) is 0 Å². The number of amides is 2. The maximum Gasteiger partial charge on any atom is 0.270 e. The lowest BCUT2D eigenvalue weighted by Crippen LogP contribution is -2.49. The van der Waals surface area contributed by atoms with Crippen LogP contribution in [0.4, 0.5) is 0 Å². The highest BCUT2D eigenvalue weighted by Gasteiger charge is 2.28. The first-order chi connectivity index (χ1) is 10.2. The fourth-order valence-corrected chi connectivity index (χ4v) is 2.73. The van der Waals surface area contributed by atoms with E-state index in [1.165, 1.54) is 4.90 Å². The van der Waals surface area contributed by atoms with Crippen LogP contribution in [-0.4, -0.2) is 66.0 Å². The molecule has 1 aliphatic heterocycles. The molecule has 6 heteroatoms. The third-order valence-corrected chi connectivity index (χ3v) is 4.13. The Bertz CT molecular complexity index is 530. The van der Waals surface area contributed by atoms with E-state index in [1.54, 1.807) is 7.05 Å². The van der Waals surface area contributed by atoms with Gasteiger partial charge in [0.05, 0.1) is 6.54 Å². The summed E-state index contributed by atoms with van der Waals surface area (Å²) >= 11 is 0. The Morgan fingerprint density at radius 3 is 2.71 bits per heavy atom. The number of likely N-dealkylation sites (N-methyl/N-ethyl adjacent to an activating group) is 1. The molecule has 1 aromatic rings. The predicted octanol–water partition coefficient (Wildman–Crippen LogP) is 0.327. The van der Waals surface area contributed by atoms with Crippen LogP contribution in [0.1, 0.15) is 29.4 Å². The fraction of sp³-hybridized carbons (Fsp3) is 0.600. The maximum absolute atomic E-state index is 12.5. The highest BCUT2D eigenvalue weighted by Crippen LogP contribution is 2.36. The fourth-order valence-electron chi connectivity index (χ4n) is 2.73. The third-order valence-electron chi connectivity index (χ3n) is 4.13. The minimum Gasteiger partial charge on any atom is -0.340 e. The molecule has 0 unspecified atom stereocenters. The van der Waals surface area contributed by atoms with Gasteiger partial charge in [0.15, 0.2) is 0 Å². The Balaban J connectivity index is 1.61. The van der Waals surface area contributed by atoms with E-state index in [-0.39, 0.29) is 18.4 Å². The number of piperazine rings is 1. The molecule has 1 aromatic heterocycles. The summed E-state index contributed by atoms with van der Waals surface area (Å²) in [4.78, 5) is 28.1. The second-order valence-electron chi connectivity index (χ2n) is 5.82. The first-order valence-corrected chi connectivity index (χ1v) is 7.57. The summed E-state index contributed by atoms with van der Waals surface area (Å²) in [5.41, 5.74) is 0.688. The van der Waals surface area contributed by atoms with Gasteiger partial charge in [-0.2, -0.15) is 0 Å². The van der Waals surface area contributed by atoms with E-state index in [1.807, 2.05) is 27.8 Å². The van der Waals surface area contributed by atoms with E-state index in [9.17, 15) is 9.59 Å². The Morgan fingerprint density at radius 2 is 2.05 bits per heavy atom. The van der Waals surface area contributed by atoms with Crippen molar-refractivity contribution in [1.82, 2.24) is 19.7 Å². The zero-order valence-corrected chi connectivity index (χ0v) is 12.4. The Hall–Kier alpha value is -1.82. The second kappa shape index (κ2) is 5.89. The molecular formula is C15H22N4O2. The van der Waals surface area contributed by atoms with Gasteiger partial charge in [0.2, 0.25) is 5.91 Å². The zero-order chi connectivity index (χ0) is 14.8. The van der Waals surface area contributed by atoms with Crippen molar-refractivity contribution in [2.45, 2.75) is 18.9 Å². The SMILES string of the molecule is CN(CC(=O)N1CCNCC1)C(=O)c1cccn1C1CC1. The molecule has 3 rings (SSSR count). The molecule has 2 amide bonds. The monoisotopic (exact) mass is 290 g/mol. The number of nitrogens with one attached hydrogen (secondary N) is 1. The number of nitrogens with zero attached hydrogens (tertiary/aromatic N) is 3. The summed E-state index contributed by atoms with van der Waals surface area (Å²) in [5.74, 6) is -0.0488. The second-order valence-corrected chi connectivity index (χ2v) is 5.82. The van der Waals surface area contributed by atoms with Crippen LogP contribution in [-0.2, 0) is 4.79 Å². The van der Waals surface area contributed by atoms with Gasteiger partial charge in [-0.3, -0.25) is 9.59 Å². The van der Waals surface area contributed by atoms with Crippen LogP contribution in [0.25, 0.3) is 0 Å². The molecular weight excluding hydrogens is 268 g/mol. The molecule has 0 bridgehead atoms. The van der Waals surface area contributed by atoms with Gasteiger partial charge in [0, 0.05) is 45.5 Å². The van der Waals surface area contributed by atoms with Crippen LogP contribution in [0.3, 0.4) is 0 Å². The largest absolute Gasteiger partial charge is 0.340 e. The lowest BCUT2D eigenvalue weighted by Gasteiger charge is -2.29. The summed E-state index contributed by atoms with van der Waals surface area (Å²) in [6.45, 7) is 3.25. The van der Waals surface area contributed by atoms with E-state index in [4.69, 9.17) is 0 Å². The average molecular weight is 290 g/mol. The summed E-state index contributed by atoms with van der Waals surface area (Å²) in [5, 5.41) is 3.22. The summed E-state index contributed by atoms with van der Waals surface area (Å²) in [7, 11) is 1.70. The predicted molar refractivity (Wildman–Crippen MR) is 79.1 cm³/mol. The maximum atomic E-state index is 12.5. The van der Waals surface area contributed by atoms with Crippen molar-refractivity contribution < 1.29 is 9.59 Å². The number of rotatable bonds is 4. The molecule has 2 aliphatic rings. The Kier molecular flexibility index (Phi) is 3.96. The van der Waals surface area contributed by atoms with E-state index in [0.717, 1.165) is 39.0 Å². The number of carbonyl (C=O) groups excluding carboxylic acids is 2. The highest BCUT2D eigenvalue weighted by molar-refractivity contribution is 5.95. The van der Waals surface area contributed by atoms with Crippen molar-refractivity contribution in [3.8, 4) is 0 Å². The van der Waals surface area contributed by atoms with E-state index < -0.39 is 0 Å². The van der Waals surface area contributed by atoms with Crippen molar-refractivity contribution >= 4 is 11.8 Å². The topological polar surface area (TPSA) is 57.6 Å². The van der Waals surface area contributed by atoms with E-state index in [2.05, 4.69) is 5.32 Å². The molecule has 0 spiro atoms. The zero-order valence-electron chi connectivity index (χ0n) is 12.4. The molecule has 1 N–H and O–H groups in total. The van der Waals surface area contributed by atoms with Gasteiger partial charge >= 0.3 is 0 Å². The first kappa shape index (κ1) is 14.1. The van der Waals surface area contributed by atoms with Gasteiger partial charge < -0.3 is 19.7 Å². The normalized spacial score (nSPS) is 18.6. The summed E-state index contributed by atoms with van der Waals surface area (Å²) < 4.78 is 2.04. The van der Waals surface area contributed by atoms with Gasteiger partial charge in [-0.1, -0.05) is 0 Å². The Labute approximate surface area is 124 Å². The smallest absolute Gasteiger partial charge is 0.270 e. The average Bonchev–Trinajstić information content (AvgIpc) is 3.24. The van der Waals surface area contributed by atoms with E-state index in [0.29, 0.717) is 11.7 Å². The van der Waals surface area contributed by atoms with Crippen LogP contribution in [0, 0.1) is 0 Å². The molecule has 6 nitrogen and oxygen atoms in total. The molecule has 21 heavy (non-hydrogen) atoms. The number of carbonyl (C=O) groups is 2. The van der Waals surface area contributed by atoms with Crippen molar-refractivity contribution in [2.24, 2.45) is 0 Å². The van der Waals surface area contributed by atoms with Gasteiger partial charge in [-0.25, -0.2) is 0 Å². The third kappa shape index (κ3) is 3.10. The van der Waals surface area contributed by atoms with Gasteiger partial charge in [0.25, 0.3) is 5.91 Å². The number of aromatic nitrogens is 1. The minimum absolute atomic E-state index is 0.0249. The Morgan fingerprint density at radius 1 is 1.33 bits per heavy atom. The van der Waals surface area contributed by atoms with Crippen LogP contribution in [0.5, 0.6) is 0 Å². The van der Waals surface area contributed by atoms with Crippen LogP contribution >= 0.6 is 0 Å². The molecule has 1 saturated heterocycles. The molecule has 2 heterocycles. The number of hydrogen-bond acceptors (Lipinski definition) is 3. The first-order valence-electron chi connectivity index (χ1n) is 7.57. The molecule has 0 aromatic carbocycles. The van der Waals surface area contributed by atoms with Crippen molar-refractivity contribution in [2.75, 3.05) is 39.8 Å². The van der Waals surface area contributed by atoms with Crippen LogP contribution in [0.15, 0.2) is 18.3 Å². The van der Waals surface area contributed by atoms with Crippen molar-refractivity contribution in [1.29, 1.82) is 0 Å². The highest BCUT2D eigenvalue weighted by atomic mass is 16.2. The molecule has 2 fully saturated rings. The van der Waals surface area contributed by atoms with Crippen LogP contribution < -0.4 is 5.32 Å². The quantitative estimate of drug-likeness (QED) is 0.869. The molecule has 0 atom stereocenters. The van der Waals surface area contributed by atoms with Gasteiger partial charge in [-0.15, -0.1) is 0 Å². The standard InChI is InChI=1S/C15H22N4O2/c1-17(11-14(20)18-9-6-16-7-10-18)15(21)13-3-2-8-19(13)12-4-5-12/h2-3,8,12,16H,4-7,9-11H2,1H3. The lowest BCUT2D eigenvalue weighted by molar-refractivity contribution is -0.132. The van der Waals surface area contributed by atoms with Gasteiger partial charge in [0.1, 0.15) is 5.69 Å². The minimum atomic E-state index is -0.0737. The summed E-state index contributed by atoms with van der Waals surface area (Å²) in [6, 6.07) is 4.21. The number of hydrogen-bond donors (Lipinski definition) is 1. The molecule has 1 saturated carbocycles.